The number of para-hydroxylation sites is 1. The Morgan fingerprint density at radius 1 is 1.33 bits per heavy atom. The topological polar surface area (TPSA) is 37.4 Å². The van der Waals surface area contributed by atoms with Crippen molar-refractivity contribution in [3.63, 3.8) is 0 Å². The van der Waals surface area contributed by atoms with Crippen LogP contribution in [0.15, 0.2) is 18.2 Å². The molecule has 15 heavy (non-hydrogen) atoms. The number of benzene rings is 1. The summed E-state index contributed by atoms with van der Waals surface area (Å²) in [5.74, 6) is -1.51. The molecule has 1 saturated heterocycles. The van der Waals surface area contributed by atoms with Crippen LogP contribution in [0.25, 0.3) is 0 Å². The SMILES string of the molecule is Cc1cccc(F)c1N1CCC(=O)C1=O. The molecule has 1 aromatic carbocycles. The third kappa shape index (κ3) is 1.52. The molecule has 2 rings (SSSR count). The highest BCUT2D eigenvalue weighted by atomic mass is 19.1. The molecule has 0 spiro atoms. The van der Waals surface area contributed by atoms with Crippen LogP contribution in [-0.2, 0) is 9.59 Å². The number of anilines is 1. The molecule has 0 aliphatic carbocycles. The molecule has 0 radical (unpaired) electrons. The smallest absolute Gasteiger partial charge is 0.294 e. The quantitative estimate of drug-likeness (QED) is 0.653. The van der Waals surface area contributed by atoms with Gasteiger partial charge in [0.05, 0.1) is 5.69 Å². The van der Waals surface area contributed by atoms with Crippen LogP contribution in [-0.4, -0.2) is 18.2 Å². The van der Waals surface area contributed by atoms with Crippen molar-refractivity contribution in [2.75, 3.05) is 11.4 Å². The Balaban J connectivity index is 2.46. The molecule has 0 unspecified atom stereocenters. The standard InChI is InChI=1S/C11H10FNO2/c1-7-3-2-4-8(12)10(7)13-6-5-9(14)11(13)15/h2-4H,5-6H2,1H3. The van der Waals surface area contributed by atoms with E-state index in [0.29, 0.717) is 5.56 Å². The minimum absolute atomic E-state index is 0.173. The molecule has 1 aromatic rings. The van der Waals surface area contributed by atoms with E-state index in [-0.39, 0.29) is 18.7 Å². The number of ketones is 1. The number of rotatable bonds is 1. The Morgan fingerprint density at radius 3 is 2.60 bits per heavy atom. The number of carbonyl (C=O) groups excluding carboxylic acids is 2. The zero-order valence-corrected chi connectivity index (χ0v) is 8.29. The van der Waals surface area contributed by atoms with Gasteiger partial charge in [0.15, 0.2) is 0 Å². The minimum atomic E-state index is -0.608. The summed E-state index contributed by atoms with van der Waals surface area (Å²) in [5, 5.41) is 0. The minimum Gasteiger partial charge on any atom is -0.302 e. The summed E-state index contributed by atoms with van der Waals surface area (Å²) in [6.45, 7) is 1.99. The number of carbonyl (C=O) groups is 2. The monoisotopic (exact) mass is 207 g/mol. The molecule has 3 nitrogen and oxygen atoms in total. The van der Waals surface area contributed by atoms with Crippen molar-refractivity contribution in [3.05, 3.63) is 29.6 Å². The molecule has 0 bridgehead atoms. The molecule has 1 amide bonds. The fourth-order valence-electron chi connectivity index (χ4n) is 1.75. The molecule has 1 fully saturated rings. The Labute approximate surface area is 86.5 Å². The van der Waals surface area contributed by atoms with E-state index in [0.717, 1.165) is 0 Å². The van der Waals surface area contributed by atoms with Crippen LogP contribution < -0.4 is 4.90 Å². The molecular formula is C11H10FNO2. The van der Waals surface area contributed by atoms with Crippen molar-refractivity contribution in [2.45, 2.75) is 13.3 Å². The lowest BCUT2D eigenvalue weighted by atomic mass is 10.2. The summed E-state index contributed by atoms with van der Waals surface area (Å²) in [7, 11) is 0. The lowest BCUT2D eigenvalue weighted by molar-refractivity contribution is -0.133. The van der Waals surface area contributed by atoms with Crippen LogP contribution >= 0.6 is 0 Å². The van der Waals surface area contributed by atoms with E-state index in [9.17, 15) is 14.0 Å². The number of halogens is 1. The molecule has 4 heteroatoms. The Kier molecular flexibility index (Phi) is 2.26. The number of amides is 1. The number of Topliss-reactive ketones (excluding diaryl/α,β-unsaturated/α-hetero) is 1. The summed E-state index contributed by atoms with van der Waals surface area (Å²) < 4.78 is 13.5. The van der Waals surface area contributed by atoms with Crippen molar-refractivity contribution in [2.24, 2.45) is 0 Å². The lowest BCUT2D eigenvalue weighted by Gasteiger charge is -2.17. The molecule has 0 saturated carbocycles. The fourth-order valence-corrected chi connectivity index (χ4v) is 1.75. The largest absolute Gasteiger partial charge is 0.302 e. The van der Waals surface area contributed by atoms with Gasteiger partial charge in [-0.1, -0.05) is 12.1 Å². The van der Waals surface area contributed by atoms with Gasteiger partial charge in [-0.3, -0.25) is 9.59 Å². The normalized spacial score (nSPS) is 16.3. The van der Waals surface area contributed by atoms with Gasteiger partial charge in [0.25, 0.3) is 5.91 Å². The van der Waals surface area contributed by atoms with Crippen LogP contribution in [0.5, 0.6) is 0 Å². The third-order valence-electron chi connectivity index (χ3n) is 2.50. The molecule has 0 N–H and O–H groups in total. The number of nitrogens with zero attached hydrogens (tertiary/aromatic N) is 1. The first-order valence-electron chi connectivity index (χ1n) is 4.71. The molecule has 1 heterocycles. The van der Waals surface area contributed by atoms with Crippen LogP contribution in [0, 0.1) is 12.7 Å². The van der Waals surface area contributed by atoms with Gasteiger partial charge in [0.1, 0.15) is 5.82 Å². The van der Waals surface area contributed by atoms with E-state index in [1.54, 1.807) is 19.1 Å². The Bertz CT molecular complexity index is 422. The zero-order valence-electron chi connectivity index (χ0n) is 8.29. The van der Waals surface area contributed by atoms with Gasteiger partial charge < -0.3 is 4.90 Å². The highest BCUT2D eigenvalue weighted by Crippen LogP contribution is 2.26. The van der Waals surface area contributed by atoms with Crippen molar-refractivity contribution < 1.29 is 14.0 Å². The predicted molar refractivity (Wildman–Crippen MR) is 53.1 cm³/mol. The van der Waals surface area contributed by atoms with Gasteiger partial charge in [-0.15, -0.1) is 0 Å². The van der Waals surface area contributed by atoms with Gasteiger partial charge in [-0.25, -0.2) is 4.39 Å². The molecule has 1 aliphatic rings. The van der Waals surface area contributed by atoms with Crippen molar-refractivity contribution >= 4 is 17.4 Å². The van der Waals surface area contributed by atoms with Gasteiger partial charge in [-0.05, 0) is 18.6 Å². The van der Waals surface area contributed by atoms with E-state index in [1.165, 1.54) is 11.0 Å². The van der Waals surface area contributed by atoms with Gasteiger partial charge in [0, 0.05) is 13.0 Å². The average Bonchev–Trinajstić information content (AvgIpc) is 2.49. The molecule has 1 aliphatic heterocycles. The maximum absolute atomic E-state index is 13.5. The second-order valence-corrected chi connectivity index (χ2v) is 3.54. The first kappa shape index (κ1) is 9.83. The Hall–Kier alpha value is -1.71. The predicted octanol–water partition coefficient (Wildman–Crippen LogP) is 1.44. The van der Waals surface area contributed by atoms with Crippen LogP contribution in [0.4, 0.5) is 10.1 Å². The van der Waals surface area contributed by atoms with Gasteiger partial charge in [-0.2, -0.15) is 0 Å². The number of hydrogen-bond donors (Lipinski definition) is 0. The molecule has 78 valence electrons. The maximum Gasteiger partial charge on any atom is 0.294 e. The second kappa shape index (κ2) is 3.46. The van der Waals surface area contributed by atoms with Crippen molar-refractivity contribution in [1.82, 2.24) is 0 Å². The summed E-state index contributed by atoms with van der Waals surface area (Å²) in [5.41, 5.74) is 0.895. The average molecular weight is 207 g/mol. The first-order chi connectivity index (χ1) is 7.11. The highest BCUT2D eigenvalue weighted by molar-refractivity contribution is 6.43. The van der Waals surface area contributed by atoms with E-state index in [2.05, 4.69) is 0 Å². The third-order valence-corrected chi connectivity index (χ3v) is 2.50. The van der Waals surface area contributed by atoms with Gasteiger partial charge in [0.2, 0.25) is 5.78 Å². The van der Waals surface area contributed by atoms with Crippen molar-refractivity contribution in [1.29, 1.82) is 0 Å². The number of hydrogen-bond acceptors (Lipinski definition) is 2. The fraction of sp³-hybridized carbons (Fsp3) is 0.273. The van der Waals surface area contributed by atoms with Crippen LogP contribution in [0.2, 0.25) is 0 Å². The van der Waals surface area contributed by atoms with E-state index in [1.807, 2.05) is 0 Å². The Morgan fingerprint density at radius 2 is 2.07 bits per heavy atom. The molecular weight excluding hydrogens is 197 g/mol. The summed E-state index contributed by atoms with van der Waals surface area (Å²) >= 11 is 0. The summed E-state index contributed by atoms with van der Waals surface area (Å²) in [6, 6.07) is 4.59. The molecule has 0 aromatic heterocycles. The summed E-state index contributed by atoms with van der Waals surface area (Å²) in [6.07, 6.45) is 0.173. The zero-order chi connectivity index (χ0) is 11.0. The molecule has 0 atom stereocenters. The number of aryl methyl sites for hydroxylation is 1. The highest BCUT2D eigenvalue weighted by Gasteiger charge is 2.32. The maximum atomic E-state index is 13.5. The first-order valence-corrected chi connectivity index (χ1v) is 4.71. The van der Waals surface area contributed by atoms with Crippen LogP contribution in [0.1, 0.15) is 12.0 Å². The van der Waals surface area contributed by atoms with Gasteiger partial charge >= 0.3 is 0 Å². The lowest BCUT2D eigenvalue weighted by Crippen LogP contribution is -2.28. The van der Waals surface area contributed by atoms with E-state index in [4.69, 9.17) is 0 Å². The van der Waals surface area contributed by atoms with E-state index >= 15 is 0 Å². The summed E-state index contributed by atoms with van der Waals surface area (Å²) in [4.78, 5) is 23.7. The van der Waals surface area contributed by atoms with Crippen molar-refractivity contribution in [3.8, 4) is 0 Å². The van der Waals surface area contributed by atoms with Crippen LogP contribution in [0.3, 0.4) is 0 Å². The van der Waals surface area contributed by atoms with E-state index < -0.39 is 17.5 Å². The second-order valence-electron chi connectivity index (χ2n) is 3.54.